The van der Waals surface area contributed by atoms with E-state index < -0.39 is 0 Å². The molecular formula is C17H19N3. The van der Waals surface area contributed by atoms with Gasteiger partial charge in [0.15, 0.2) is 0 Å². The van der Waals surface area contributed by atoms with E-state index in [4.69, 9.17) is 11.0 Å². The molecule has 3 heteroatoms. The van der Waals surface area contributed by atoms with Crippen LogP contribution < -0.4 is 10.6 Å². The third kappa shape index (κ3) is 3.30. The van der Waals surface area contributed by atoms with Crippen molar-refractivity contribution in [1.29, 1.82) is 5.26 Å². The molecule has 0 amide bonds. The van der Waals surface area contributed by atoms with Gasteiger partial charge in [-0.2, -0.15) is 5.26 Å². The molecule has 2 N–H and O–H groups in total. The predicted octanol–water partition coefficient (Wildman–Crippen LogP) is 3.13. The molecule has 2 aromatic rings. The van der Waals surface area contributed by atoms with E-state index in [2.05, 4.69) is 42.2 Å². The Kier molecular flexibility index (Phi) is 4.27. The van der Waals surface area contributed by atoms with Gasteiger partial charge in [-0.15, -0.1) is 0 Å². The molecule has 0 unspecified atom stereocenters. The summed E-state index contributed by atoms with van der Waals surface area (Å²) in [6.45, 7) is 2.95. The molecule has 0 bridgehead atoms. The van der Waals surface area contributed by atoms with Crippen LogP contribution in [0.25, 0.3) is 0 Å². The lowest BCUT2D eigenvalue weighted by molar-refractivity contribution is 0.877. The van der Waals surface area contributed by atoms with Gasteiger partial charge < -0.3 is 10.6 Å². The Balaban J connectivity index is 2.06. The van der Waals surface area contributed by atoms with Crippen molar-refractivity contribution in [2.24, 2.45) is 0 Å². The number of aryl methyl sites for hydroxylation is 1. The van der Waals surface area contributed by atoms with E-state index in [1.807, 2.05) is 13.1 Å². The second-order valence-corrected chi connectivity index (χ2v) is 5.04. The number of nitriles is 1. The van der Waals surface area contributed by atoms with E-state index in [-0.39, 0.29) is 0 Å². The third-order valence-corrected chi connectivity index (χ3v) is 3.43. The molecule has 0 saturated carbocycles. The summed E-state index contributed by atoms with van der Waals surface area (Å²) < 4.78 is 0. The van der Waals surface area contributed by atoms with Crippen molar-refractivity contribution in [1.82, 2.24) is 0 Å². The van der Waals surface area contributed by atoms with Gasteiger partial charge in [-0.25, -0.2) is 0 Å². The minimum Gasteiger partial charge on any atom is -0.397 e. The van der Waals surface area contributed by atoms with Crippen LogP contribution in [-0.2, 0) is 6.42 Å². The van der Waals surface area contributed by atoms with E-state index in [0.717, 1.165) is 18.7 Å². The Morgan fingerprint density at radius 3 is 2.50 bits per heavy atom. The Bertz CT molecular complexity index is 624. The first-order valence-corrected chi connectivity index (χ1v) is 6.66. The van der Waals surface area contributed by atoms with Crippen LogP contribution >= 0.6 is 0 Å². The van der Waals surface area contributed by atoms with Gasteiger partial charge in [0.25, 0.3) is 0 Å². The van der Waals surface area contributed by atoms with Gasteiger partial charge in [0.1, 0.15) is 0 Å². The van der Waals surface area contributed by atoms with Crippen LogP contribution in [0.2, 0.25) is 0 Å². The lowest BCUT2D eigenvalue weighted by atomic mass is 10.1. The predicted molar refractivity (Wildman–Crippen MR) is 83.7 cm³/mol. The van der Waals surface area contributed by atoms with Crippen LogP contribution in [0.15, 0.2) is 42.5 Å². The summed E-state index contributed by atoms with van der Waals surface area (Å²) in [6.07, 6.45) is 0.951. The smallest absolute Gasteiger partial charge is 0.0992 e. The zero-order chi connectivity index (χ0) is 14.5. The van der Waals surface area contributed by atoms with Crippen molar-refractivity contribution in [2.45, 2.75) is 13.3 Å². The highest BCUT2D eigenvalue weighted by molar-refractivity contribution is 5.69. The number of hydrogen-bond donors (Lipinski definition) is 1. The quantitative estimate of drug-likeness (QED) is 0.864. The fraction of sp³-hybridized carbons (Fsp3) is 0.235. The van der Waals surface area contributed by atoms with Gasteiger partial charge >= 0.3 is 0 Å². The average molecular weight is 265 g/mol. The second kappa shape index (κ2) is 6.12. The maximum absolute atomic E-state index is 8.96. The number of rotatable bonds is 4. The van der Waals surface area contributed by atoms with Gasteiger partial charge in [-0.3, -0.25) is 0 Å². The van der Waals surface area contributed by atoms with Crippen LogP contribution in [0.3, 0.4) is 0 Å². The maximum atomic E-state index is 8.96. The number of anilines is 2. The van der Waals surface area contributed by atoms with E-state index in [9.17, 15) is 0 Å². The molecule has 20 heavy (non-hydrogen) atoms. The molecule has 0 saturated heterocycles. The SMILES string of the molecule is Cc1ccc(CCN(C)c2cc(C#N)ccc2N)cc1. The number of benzene rings is 2. The van der Waals surface area contributed by atoms with E-state index in [1.165, 1.54) is 11.1 Å². The van der Waals surface area contributed by atoms with Crippen molar-refractivity contribution >= 4 is 11.4 Å². The van der Waals surface area contributed by atoms with Crippen LogP contribution in [-0.4, -0.2) is 13.6 Å². The maximum Gasteiger partial charge on any atom is 0.0992 e. The van der Waals surface area contributed by atoms with Crippen molar-refractivity contribution in [3.05, 3.63) is 59.2 Å². The molecule has 0 fully saturated rings. The van der Waals surface area contributed by atoms with Crippen LogP contribution in [0.4, 0.5) is 11.4 Å². The zero-order valence-corrected chi connectivity index (χ0v) is 11.9. The number of hydrogen-bond acceptors (Lipinski definition) is 3. The summed E-state index contributed by atoms with van der Waals surface area (Å²) in [4.78, 5) is 2.09. The van der Waals surface area contributed by atoms with Gasteiger partial charge in [-0.1, -0.05) is 29.8 Å². The van der Waals surface area contributed by atoms with Crippen LogP contribution in [0.1, 0.15) is 16.7 Å². The standard InChI is InChI=1S/C17H19N3/c1-13-3-5-14(6-4-13)9-10-20(2)17-11-15(12-18)7-8-16(17)19/h3-8,11H,9-10,19H2,1-2H3. The van der Waals surface area contributed by atoms with Crippen molar-refractivity contribution in [3.63, 3.8) is 0 Å². The minimum atomic E-state index is 0.636. The van der Waals surface area contributed by atoms with E-state index in [1.54, 1.807) is 12.1 Å². The number of nitrogen functional groups attached to an aromatic ring is 1. The fourth-order valence-electron chi connectivity index (χ4n) is 2.12. The van der Waals surface area contributed by atoms with E-state index in [0.29, 0.717) is 11.3 Å². The molecule has 2 rings (SSSR count). The van der Waals surface area contributed by atoms with Crippen molar-refractivity contribution in [3.8, 4) is 6.07 Å². The summed E-state index contributed by atoms with van der Waals surface area (Å²) >= 11 is 0. The monoisotopic (exact) mass is 265 g/mol. The third-order valence-electron chi connectivity index (χ3n) is 3.43. The molecule has 0 radical (unpaired) electrons. The molecule has 0 spiro atoms. The van der Waals surface area contributed by atoms with Gasteiger partial charge in [-0.05, 0) is 37.1 Å². The number of nitrogens with zero attached hydrogens (tertiary/aromatic N) is 2. The lowest BCUT2D eigenvalue weighted by Gasteiger charge is -2.21. The molecule has 0 atom stereocenters. The lowest BCUT2D eigenvalue weighted by Crippen LogP contribution is -2.21. The molecule has 0 aromatic heterocycles. The average Bonchev–Trinajstić information content (AvgIpc) is 2.47. The first kappa shape index (κ1) is 14.0. The fourth-order valence-corrected chi connectivity index (χ4v) is 2.12. The highest BCUT2D eigenvalue weighted by Gasteiger charge is 2.06. The molecule has 0 heterocycles. The topological polar surface area (TPSA) is 53.0 Å². The number of nitrogens with two attached hydrogens (primary N) is 1. The molecule has 2 aromatic carbocycles. The minimum absolute atomic E-state index is 0.636. The largest absolute Gasteiger partial charge is 0.397 e. The molecule has 3 nitrogen and oxygen atoms in total. The molecule has 102 valence electrons. The van der Waals surface area contributed by atoms with Crippen LogP contribution in [0, 0.1) is 18.3 Å². The van der Waals surface area contributed by atoms with Crippen LogP contribution in [0.5, 0.6) is 0 Å². The van der Waals surface area contributed by atoms with Gasteiger partial charge in [0, 0.05) is 13.6 Å². The molecule has 0 aliphatic rings. The summed E-state index contributed by atoms with van der Waals surface area (Å²) in [5, 5.41) is 8.96. The molecular weight excluding hydrogens is 246 g/mol. The van der Waals surface area contributed by atoms with Gasteiger partial charge in [0.05, 0.1) is 23.0 Å². The highest BCUT2D eigenvalue weighted by atomic mass is 15.1. The second-order valence-electron chi connectivity index (χ2n) is 5.04. The van der Waals surface area contributed by atoms with Crippen molar-refractivity contribution < 1.29 is 0 Å². The zero-order valence-electron chi connectivity index (χ0n) is 11.9. The molecule has 0 aliphatic carbocycles. The number of likely N-dealkylation sites (N-methyl/N-ethyl adjacent to an activating group) is 1. The molecule has 0 aliphatic heterocycles. The Morgan fingerprint density at radius 1 is 1.15 bits per heavy atom. The van der Waals surface area contributed by atoms with E-state index >= 15 is 0 Å². The first-order valence-electron chi connectivity index (χ1n) is 6.66. The first-order chi connectivity index (χ1) is 9.60. The Morgan fingerprint density at radius 2 is 1.85 bits per heavy atom. The normalized spacial score (nSPS) is 10.1. The summed E-state index contributed by atoms with van der Waals surface area (Å²) in [7, 11) is 2.00. The summed E-state index contributed by atoms with van der Waals surface area (Å²) in [5.74, 6) is 0. The van der Waals surface area contributed by atoms with Gasteiger partial charge in [0.2, 0.25) is 0 Å². The highest BCUT2D eigenvalue weighted by Crippen LogP contribution is 2.23. The Labute approximate surface area is 120 Å². The van der Waals surface area contributed by atoms with Crippen molar-refractivity contribution in [2.75, 3.05) is 24.2 Å². The summed E-state index contributed by atoms with van der Waals surface area (Å²) in [6, 6.07) is 16.1. The Hall–Kier alpha value is -2.47. The summed E-state index contributed by atoms with van der Waals surface area (Å²) in [5.41, 5.74) is 10.8.